The molecule has 0 saturated carbocycles. The highest BCUT2D eigenvalue weighted by Crippen LogP contribution is 2.03. The highest BCUT2D eigenvalue weighted by Gasteiger charge is 2.15. The molecule has 0 rings (SSSR count). The Bertz CT molecular complexity index is 273. The van der Waals surface area contributed by atoms with Gasteiger partial charge in [0.15, 0.2) is 0 Å². The van der Waals surface area contributed by atoms with Crippen LogP contribution in [0.1, 0.15) is 34.6 Å². The van der Waals surface area contributed by atoms with E-state index in [9.17, 15) is 4.79 Å². The van der Waals surface area contributed by atoms with E-state index >= 15 is 0 Å². The normalized spacial score (nSPS) is 12.8. The lowest BCUT2D eigenvalue weighted by atomic mass is 10.2. The summed E-state index contributed by atoms with van der Waals surface area (Å²) in [6.07, 6.45) is 5.09. The Morgan fingerprint density at radius 2 is 1.78 bits per heavy atom. The van der Waals surface area contributed by atoms with E-state index in [-0.39, 0.29) is 18.5 Å². The minimum atomic E-state index is -0.209. The second-order valence-electron chi connectivity index (χ2n) is 5.02. The average Bonchev–Trinajstić information content (AvgIpc) is 2.30. The number of rotatable bonds is 8. The van der Waals surface area contributed by atoms with Gasteiger partial charge in [0.2, 0.25) is 5.91 Å². The van der Waals surface area contributed by atoms with Crippen LogP contribution < -0.4 is 10.6 Å². The Morgan fingerprint density at radius 3 is 2.22 bits per heavy atom. The summed E-state index contributed by atoms with van der Waals surface area (Å²) in [5.41, 5.74) is 0. The zero-order chi connectivity index (χ0) is 14.1. The van der Waals surface area contributed by atoms with Crippen LogP contribution in [-0.2, 0) is 4.79 Å². The molecule has 1 amide bonds. The smallest absolute Gasteiger partial charge is 0.237 e. The fourth-order valence-electron chi connectivity index (χ4n) is 1.91. The molecule has 4 nitrogen and oxygen atoms in total. The number of terminal acetylenes is 1. The molecule has 0 aromatic heterocycles. The second kappa shape index (κ2) is 8.96. The Kier molecular flexibility index (Phi) is 8.43. The lowest BCUT2D eigenvalue weighted by molar-refractivity contribution is -0.122. The molecule has 0 aromatic rings. The summed E-state index contributed by atoms with van der Waals surface area (Å²) in [6.45, 7) is 12.6. The average molecular weight is 253 g/mol. The van der Waals surface area contributed by atoms with Gasteiger partial charge in [-0.25, -0.2) is 0 Å². The number of nitrogens with one attached hydrogen (secondary N) is 2. The zero-order valence-electron chi connectivity index (χ0n) is 12.3. The standard InChI is InChI=1S/C14H27N3O/c1-7-8-16-14(18)13(6)15-9-10-17(11(2)3)12(4)5/h1,11-13,15H,8-10H2,2-6H3,(H,16,18). The van der Waals surface area contributed by atoms with Crippen LogP contribution in [0.25, 0.3) is 0 Å². The van der Waals surface area contributed by atoms with Gasteiger partial charge in [-0.3, -0.25) is 9.69 Å². The van der Waals surface area contributed by atoms with Crippen molar-refractivity contribution >= 4 is 5.91 Å². The maximum Gasteiger partial charge on any atom is 0.237 e. The Balaban J connectivity index is 3.95. The minimum absolute atomic E-state index is 0.0476. The van der Waals surface area contributed by atoms with Crippen LogP contribution in [0.3, 0.4) is 0 Å². The first-order chi connectivity index (χ1) is 8.40. The highest BCUT2D eigenvalue weighted by molar-refractivity contribution is 5.81. The molecule has 18 heavy (non-hydrogen) atoms. The van der Waals surface area contributed by atoms with Gasteiger partial charge in [0.25, 0.3) is 0 Å². The topological polar surface area (TPSA) is 44.4 Å². The maximum atomic E-state index is 11.6. The van der Waals surface area contributed by atoms with E-state index in [1.807, 2.05) is 6.92 Å². The molecule has 0 aliphatic carbocycles. The van der Waals surface area contributed by atoms with E-state index < -0.39 is 0 Å². The first kappa shape index (κ1) is 16.9. The molecule has 0 saturated heterocycles. The molecule has 0 aromatic carbocycles. The number of nitrogens with zero attached hydrogens (tertiary/aromatic N) is 1. The SMILES string of the molecule is C#CCNC(=O)C(C)NCCN(C(C)C)C(C)C. The van der Waals surface area contributed by atoms with Gasteiger partial charge >= 0.3 is 0 Å². The van der Waals surface area contributed by atoms with E-state index in [2.05, 4.69) is 49.1 Å². The first-order valence-electron chi connectivity index (χ1n) is 6.60. The molecule has 2 N–H and O–H groups in total. The molecule has 1 unspecified atom stereocenters. The van der Waals surface area contributed by atoms with Crippen molar-refractivity contribution in [2.45, 2.75) is 52.7 Å². The summed E-state index contributed by atoms with van der Waals surface area (Å²) < 4.78 is 0. The fourth-order valence-corrected chi connectivity index (χ4v) is 1.91. The monoisotopic (exact) mass is 253 g/mol. The predicted octanol–water partition coefficient (Wildman–Crippen LogP) is 0.833. The van der Waals surface area contributed by atoms with Gasteiger partial charge in [-0.2, -0.15) is 0 Å². The van der Waals surface area contributed by atoms with Crippen molar-refractivity contribution in [1.29, 1.82) is 0 Å². The van der Waals surface area contributed by atoms with Gasteiger partial charge in [0.1, 0.15) is 0 Å². The number of carbonyl (C=O) groups excluding carboxylic acids is 1. The molecule has 0 aliphatic heterocycles. The van der Waals surface area contributed by atoms with E-state index in [1.54, 1.807) is 0 Å². The molecule has 4 heteroatoms. The first-order valence-corrected chi connectivity index (χ1v) is 6.60. The summed E-state index contributed by atoms with van der Waals surface area (Å²) in [7, 11) is 0. The molecule has 0 fully saturated rings. The number of carbonyl (C=O) groups is 1. The van der Waals surface area contributed by atoms with Gasteiger partial charge in [-0.15, -0.1) is 6.42 Å². The Morgan fingerprint density at radius 1 is 1.22 bits per heavy atom. The third-order valence-corrected chi connectivity index (χ3v) is 2.91. The van der Waals surface area contributed by atoms with Gasteiger partial charge in [0, 0.05) is 25.2 Å². The van der Waals surface area contributed by atoms with Crippen molar-refractivity contribution in [3.63, 3.8) is 0 Å². The predicted molar refractivity (Wildman–Crippen MR) is 76.3 cm³/mol. The highest BCUT2D eigenvalue weighted by atomic mass is 16.2. The summed E-state index contributed by atoms with van der Waals surface area (Å²) >= 11 is 0. The molecule has 0 aliphatic rings. The summed E-state index contributed by atoms with van der Waals surface area (Å²) in [5.74, 6) is 2.34. The van der Waals surface area contributed by atoms with Crippen molar-refractivity contribution in [3.05, 3.63) is 0 Å². The fraction of sp³-hybridized carbons (Fsp3) is 0.786. The molecule has 0 heterocycles. The van der Waals surface area contributed by atoms with Crippen LogP contribution in [0.2, 0.25) is 0 Å². The summed E-state index contributed by atoms with van der Waals surface area (Å²) in [5, 5.41) is 5.87. The number of hydrogen-bond donors (Lipinski definition) is 2. The van der Waals surface area contributed by atoms with Gasteiger partial charge in [-0.1, -0.05) is 5.92 Å². The molecular weight excluding hydrogens is 226 g/mol. The molecule has 0 radical (unpaired) electrons. The summed E-state index contributed by atoms with van der Waals surface area (Å²) in [4.78, 5) is 14.0. The van der Waals surface area contributed by atoms with Crippen molar-refractivity contribution < 1.29 is 4.79 Å². The summed E-state index contributed by atoms with van der Waals surface area (Å²) in [6, 6.07) is 0.814. The largest absolute Gasteiger partial charge is 0.344 e. The number of amides is 1. The van der Waals surface area contributed by atoms with Crippen molar-refractivity contribution in [2.75, 3.05) is 19.6 Å². The van der Waals surface area contributed by atoms with Crippen molar-refractivity contribution in [1.82, 2.24) is 15.5 Å². The van der Waals surface area contributed by atoms with Crippen molar-refractivity contribution in [2.24, 2.45) is 0 Å². The lowest BCUT2D eigenvalue weighted by Gasteiger charge is -2.30. The van der Waals surface area contributed by atoms with Crippen molar-refractivity contribution in [3.8, 4) is 12.3 Å². The van der Waals surface area contributed by atoms with Crippen LogP contribution in [0.15, 0.2) is 0 Å². The number of hydrogen-bond acceptors (Lipinski definition) is 3. The second-order valence-corrected chi connectivity index (χ2v) is 5.02. The van der Waals surface area contributed by atoms with Gasteiger partial charge < -0.3 is 10.6 Å². The molecule has 0 bridgehead atoms. The van der Waals surface area contributed by atoms with E-state index in [0.29, 0.717) is 12.1 Å². The third kappa shape index (κ3) is 6.63. The quantitative estimate of drug-likeness (QED) is 0.630. The lowest BCUT2D eigenvalue weighted by Crippen LogP contribution is -2.47. The van der Waals surface area contributed by atoms with Gasteiger partial charge in [0.05, 0.1) is 12.6 Å². The van der Waals surface area contributed by atoms with E-state index in [1.165, 1.54) is 0 Å². The Labute approximate surface area is 112 Å². The zero-order valence-corrected chi connectivity index (χ0v) is 12.3. The van der Waals surface area contributed by atoms with Crippen LogP contribution in [-0.4, -0.2) is 48.6 Å². The van der Waals surface area contributed by atoms with Gasteiger partial charge in [-0.05, 0) is 34.6 Å². The minimum Gasteiger partial charge on any atom is -0.344 e. The van der Waals surface area contributed by atoms with Crippen LogP contribution in [0.4, 0.5) is 0 Å². The molecular formula is C14H27N3O. The van der Waals surface area contributed by atoms with E-state index in [4.69, 9.17) is 6.42 Å². The molecule has 104 valence electrons. The third-order valence-electron chi connectivity index (χ3n) is 2.91. The Hall–Kier alpha value is -1.05. The van der Waals surface area contributed by atoms with Crippen LogP contribution in [0.5, 0.6) is 0 Å². The maximum absolute atomic E-state index is 11.6. The molecule has 0 spiro atoms. The van der Waals surface area contributed by atoms with E-state index in [0.717, 1.165) is 13.1 Å². The van der Waals surface area contributed by atoms with Crippen LogP contribution >= 0.6 is 0 Å². The van der Waals surface area contributed by atoms with Crippen LogP contribution in [0, 0.1) is 12.3 Å². The molecule has 1 atom stereocenters.